The van der Waals surface area contributed by atoms with Crippen molar-refractivity contribution in [1.29, 1.82) is 0 Å². The van der Waals surface area contributed by atoms with E-state index < -0.39 is 11.9 Å². The molecule has 1 aromatic carbocycles. The second-order valence-electron chi connectivity index (χ2n) is 4.14. The number of carbonyl (C=O) groups is 2. The fourth-order valence-corrected chi connectivity index (χ4v) is 1.39. The second-order valence-corrected chi connectivity index (χ2v) is 4.14. The summed E-state index contributed by atoms with van der Waals surface area (Å²) in [7, 11) is 1.48. The lowest BCUT2D eigenvalue weighted by Crippen LogP contribution is -2.39. The minimum atomic E-state index is -0.716. The van der Waals surface area contributed by atoms with Crippen LogP contribution >= 0.6 is 0 Å². The van der Waals surface area contributed by atoms with Gasteiger partial charge in [-0.1, -0.05) is 0 Å². The highest BCUT2D eigenvalue weighted by molar-refractivity contribution is 5.94. The lowest BCUT2D eigenvalue weighted by Gasteiger charge is -2.11. The molecule has 5 N–H and O–H groups in total. The van der Waals surface area contributed by atoms with Gasteiger partial charge in [-0.05, 0) is 24.3 Å². The Bertz CT molecular complexity index is 447. The highest BCUT2D eigenvalue weighted by atomic mass is 16.5. The molecule has 7 heteroatoms. The summed E-state index contributed by atoms with van der Waals surface area (Å²) in [6.45, 7) is 0.375. The summed E-state index contributed by atoms with van der Waals surface area (Å²) in [5, 5.41) is 2.65. The van der Waals surface area contributed by atoms with Crippen LogP contribution in [0.5, 0.6) is 5.75 Å². The number of anilines is 1. The molecule has 7 nitrogen and oxygen atoms in total. The van der Waals surface area contributed by atoms with Crippen molar-refractivity contribution < 1.29 is 19.1 Å². The molecule has 0 aliphatic heterocycles. The monoisotopic (exact) mass is 281 g/mol. The quantitative estimate of drug-likeness (QED) is 0.613. The first-order valence-corrected chi connectivity index (χ1v) is 6.09. The standard InChI is InChI=1S/C13H19N3O4/c1-19-8-11(14)13(18)16-9-2-4-10(5-3-9)20-7-6-12(15)17/h2-5,11H,6-8,14H2,1H3,(H2,15,17)(H,16,18). The number of carbonyl (C=O) groups excluding carboxylic acids is 2. The van der Waals surface area contributed by atoms with E-state index in [9.17, 15) is 9.59 Å². The zero-order chi connectivity index (χ0) is 15.0. The van der Waals surface area contributed by atoms with Crippen LogP contribution in [0.4, 0.5) is 5.69 Å². The Balaban J connectivity index is 2.45. The lowest BCUT2D eigenvalue weighted by atomic mass is 10.2. The van der Waals surface area contributed by atoms with Gasteiger partial charge in [0.25, 0.3) is 0 Å². The van der Waals surface area contributed by atoms with Gasteiger partial charge in [0.2, 0.25) is 11.8 Å². The van der Waals surface area contributed by atoms with E-state index in [0.717, 1.165) is 0 Å². The maximum Gasteiger partial charge on any atom is 0.243 e. The SMILES string of the molecule is COCC(N)C(=O)Nc1ccc(OCCC(N)=O)cc1. The van der Waals surface area contributed by atoms with Gasteiger partial charge in [-0.25, -0.2) is 0 Å². The number of hydrogen-bond acceptors (Lipinski definition) is 5. The van der Waals surface area contributed by atoms with Crippen molar-refractivity contribution in [2.24, 2.45) is 11.5 Å². The van der Waals surface area contributed by atoms with Gasteiger partial charge in [0, 0.05) is 12.8 Å². The molecule has 0 radical (unpaired) electrons. The molecule has 0 saturated carbocycles. The highest BCUT2D eigenvalue weighted by Crippen LogP contribution is 2.15. The van der Waals surface area contributed by atoms with Crippen molar-refractivity contribution in [3.05, 3.63) is 24.3 Å². The maximum absolute atomic E-state index is 11.6. The third kappa shape index (κ3) is 5.68. The molecule has 1 unspecified atom stereocenters. The van der Waals surface area contributed by atoms with Gasteiger partial charge in [-0.2, -0.15) is 0 Å². The molecule has 0 fully saturated rings. The summed E-state index contributed by atoms with van der Waals surface area (Å²) in [6.07, 6.45) is 0.157. The number of rotatable bonds is 8. The Morgan fingerprint density at radius 2 is 1.95 bits per heavy atom. The Hall–Kier alpha value is -2.12. The van der Waals surface area contributed by atoms with E-state index in [1.807, 2.05) is 0 Å². The minimum Gasteiger partial charge on any atom is -0.493 e. The molecule has 20 heavy (non-hydrogen) atoms. The van der Waals surface area contributed by atoms with Crippen LogP contribution in [0.15, 0.2) is 24.3 Å². The number of benzene rings is 1. The van der Waals surface area contributed by atoms with Crippen LogP contribution in [0, 0.1) is 0 Å². The third-order valence-corrected chi connectivity index (χ3v) is 2.42. The van der Waals surface area contributed by atoms with Gasteiger partial charge in [0.15, 0.2) is 0 Å². The Morgan fingerprint density at radius 3 is 2.50 bits per heavy atom. The summed E-state index contributed by atoms with van der Waals surface area (Å²) in [5.74, 6) is -0.152. The van der Waals surface area contributed by atoms with Gasteiger partial charge >= 0.3 is 0 Å². The number of methoxy groups -OCH3 is 1. The largest absolute Gasteiger partial charge is 0.493 e. The zero-order valence-corrected chi connectivity index (χ0v) is 11.3. The molecule has 1 rings (SSSR count). The van der Waals surface area contributed by atoms with Gasteiger partial charge in [-0.3, -0.25) is 9.59 Å². The van der Waals surface area contributed by atoms with Gasteiger partial charge < -0.3 is 26.3 Å². The van der Waals surface area contributed by atoms with Crippen molar-refractivity contribution in [3.8, 4) is 5.75 Å². The molecule has 0 spiro atoms. The summed E-state index contributed by atoms with van der Waals surface area (Å²) in [4.78, 5) is 22.2. The van der Waals surface area contributed by atoms with E-state index in [2.05, 4.69) is 5.32 Å². The van der Waals surface area contributed by atoms with E-state index in [0.29, 0.717) is 11.4 Å². The first-order chi connectivity index (χ1) is 9.52. The fraction of sp³-hybridized carbons (Fsp3) is 0.385. The molecule has 0 saturated heterocycles. The second kappa shape index (κ2) is 8.13. The third-order valence-electron chi connectivity index (χ3n) is 2.42. The number of amides is 2. The summed E-state index contributed by atoms with van der Waals surface area (Å²) >= 11 is 0. The van der Waals surface area contributed by atoms with Crippen molar-refractivity contribution >= 4 is 17.5 Å². The fourth-order valence-electron chi connectivity index (χ4n) is 1.39. The van der Waals surface area contributed by atoms with Crippen molar-refractivity contribution in [3.63, 3.8) is 0 Å². The first kappa shape index (κ1) is 15.9. The first-order valence-electron chi connectivity index (χ1n) is 6.09. The maximum atomic E-state index is 11.6. The summed E-state index contributed by atoms with van der Waals surface area (Å²) < 4.78 is 10.1. The van der Waals surface area contributed by atoms with E-state index in [1.165, 1.54) is 7.11 Å². The molecule has 1 atom stereocenters. The average molecular weight is 281 g/mol. The predicted octanol–water partition coefficient (Wildman–Crippen LogP) is -0.147. The average Bonchev–Trinajstić information content (AvgIpc) is 2.40. The molecule has 1 aromatic rings. The Labute approximate surface area is 117 Å². The van der Waals surface area contributed by atoms with E-state index in [-0.39, 0.29) is 25.5 Å². The molecular formula is C13H19N3O4. The molecule has 2 amide bonds. The molecule has 110 valence electrons. The Morgan fingerprint density at radius 1 is 1.30 bits per heavy atom. The van der Waals surface area contributed by atoms with E-state index in [4.69, 9.17) is 20.9 Å². The molecule has 0 bridgehead atoms. The van der Waals surface area contributed by atoms with Crippen LogP contribution in [-0.2, 0) is 14.3 Å². The predicted molar refractivity (Wildman–Crippen MR) is 74.2 cm³/mol. The van der Waals surface area contributed by atoms with Crippen molar-refractivity contribution in [1.82, 2.24) is 0 Å². The van der Waals surface area contributed by atoms with Crippen LogP contribution in [0.3, 0.4) is 0 Å². The Kier molecular flexibility index (Phi) is 6.48. The zero-order valence-electron chi connectivity index (χ0n) is 11.3. The van der Waals surface area contributed by atoms with Crippen LogP contribution in [0.25, 0.3) is 0 Å². The van der Waals surface area contributed by atoms with Crippen LogP contribution in [0.1, 0.15) is 6.42 Å². The van der Waals surface area contributed by atoms with Gasteiger partial charge in [0.1, 0.15) is 11.8 Å². The number of primary amides is 1. The van der Waals surface area contributed by atoms with Gasteiger partial charge in [-0.15, -0.1) is 0 Å². The summed E-state index contributed by atoms with van der Waals surface area (Å²) in [5.41, 5.74) is 11.2. The number of nitrogens with two attached hydrogens (primary N) is 2. The molecule has 0 aromatic heterocycles. The van der Waals surface area contributed by atoms with Crippen molar-refractivity contribution in [2.75, 3.05) is 25.6 Å². The van der Waals surface area contributed by atoms with Gasteiger partial charge in [0.05, 0.1) is 19.6 Å². The van der Waals surface area contributed by atoms with E-state index in [1.54, 1.807) is 24.3 Å². The smallest absolute Gasteiger partial charge is 0.243 e. The minimum absolute atomic E-state index is 0.153. The lowest BCUT2D eigenvalue weighted by molar-refractivity contribution is -0.119. The van der Waals surface area contributed by atoms with Crippen LogP contribution < -0.4 is 21.5 Å². The molecule has 0 heterocycles. The highest BCUT2D eigenvalue weighted by Gasteiger charge is 2.12. The normalized spacial score (nSPS) is 11.7. The van der Waals surface area contributed by atoms with Crippen LogP contribution in [-0.4, -0.2) is 38.2 Å². The number of nitrogens with one attached hydrogen (secondary N) is 1. The molecule has 0 aliphatic rings. The number of ether oxygens (including phenoxy) is 2. The molecule has 0 aliphatic carbocycles. The van der Waals surface area contributed by atoms with Crippen LogP contribution in [0.2, 0.25) is 0 Å². The molecular weight excluding hydrogens is 262 g/mol. The topological polar surface area (TPSA) is 117 Å². The summed E-state index contributed by atoms with van der Waals surface area (Å²) in [6, 6.07) is 6.00. The van der Waals surface area contributed by atoms with E-state index >= 15 is 0 Å². The van der Waals surface area contributed by atoms with Crippen molar-refractivity contribution in [2.45, 2.75) is 12.5 Å². The number of hydrogen-bond donors (Lipinski definition) is 3.